The number of carbonyl (C=O) groups is 3. The zero-order valence-electron chi connectivity index (χ0n) is 26.9. The smallest absolute Gasteiger partial charge is 0.410 e. The van der Waals surface area contributed by atoms with Gasteiger partial charge in [-0.15, -0.1) is 0 Å². The number of nitrogens with zero attached hydrogens (tertiary/aromatic N) is 4. The van der Waals surface area contributed by atoms with Gasteiger partial charge in [-0.3, -0.25) is 9.59 Å². The van der Waals surface area contributed by atoms with Crippen molar-refractivity contribution in [3.8, 4) is 11.3 Å². The van der Waals surface area contributed by atoms with E-state index in [2.05, 4.69) is 0 Å². The third-order valence-electron chi connectivity index (χ3n) is 7.83. The van der Waals surface area contributed by atoms with Crippen LogP contribution in [0.4, 0.5) is 13.6 Å². The van der Waals surface area contributed by atoms with Crippen LogP contribution in [0.2, 0.25) is 0 Å². The first-order chi connectivity index (χ1) is 20.9. The first kappa shape index (κ1) is 33.6. The monoisotopic (exact) mass is 624 g/mol. The van der Waals surface area contributed by atoms with Crippen LogP contribution in [0, 0.1) is 28.9 Å². The molecule has 1 aliphatic heterocycles. The van der Waals surface area contributed by atoms with Gasteiger partial charge in [0, 0.05) is 50.8 Å². The Labute approximate surface area is 262 Å². The molecule has 1 saturated heterocycles. The van der Waals surface area contributed by atoms with E-state index in [-0.39, 0.29) is 36.8 Å². The Balaban J connectivity index is 1.79. The normalized spacial score (nSPS) is 17.7. The van der Waals surface area contributed by atoms with E-state index < -0.39 is 52.6 Å². The number of carboxylic acids is 1. The van der Waals surface area contributed by atoms with Crippen molar-refractivity contribution in [1.82, 2.24) is 19.4 Å². The summed E-state index contributed by atoms with van der Waals surface area (Å²) in [6.45, 7) is 12.8. The van der Waals surface area contributed by atoms with Gasteiger partial charge in [0.1, 0.15) is 23.1 Å². The molecule has 4 rings (SSSR count). The van der Waals surface area contributed by atoms with Gasteiger partial charge in [-0.25, -0.2) is 18.6 Å². The number of aromatic nitrogens is 2. The van der Waals surface area contributed by atoms with E-state index in [4.69, 9.17) is 9.72 Å². The summed E-state index contributed by atoms with van der Waals surface area (Å²) in [5.74, 6) is -3.73. The zero-order chi connectivity index (χ0) is 33.3. The maximum Gasteiger partial charge on any atom is 0.410 e. The van der Waals surface area contributed by atoms with Gasteiger partial charge >= 0.3 is 12.1 Å². The number of aliphatic carboxylic acids is 1. The summed E-state index contributed by atoms with van der Waals surface area (Å²) in [5.41, 5.74) is -0.272. The summed E-state index contributed by atoms with van der Waals surface area (Å²) >= 11 is 0. The Morgan fingerprint density at radius 3 is 2.29 bits per heavy atom. The van der Waals surface area contributed by atoms with Crippen LogP contribution in [0.5, 0.6) is 0 Å². The Bertz CT molecular complexity index is 1540. The molecule has 0 spiro atoms. The molecule has 3 unspecified atom stereocenters. The number of likely N-dealkylation sites (tertiary alicyclic amines) is 1. The lowest BCUT2D eigenvalue weighted by Crippen LogP contribution is -2.45. The molecule has 11 heteroatoms. The summed E-state index contributed by atoms with van der Waals surface area (Å²) < 4.78 is 36.5. The summed E-state index contributed by atoms with van der Waals surface area (Å²) in [4.78, 5) is 46.5. The fourth-order valence-corrected chi connectivity index (χ4v) is 5.85. The number of rotatable bonds is 8. The molecule has 3 atom stereocenters. The first-order valence-corrected chi connectivity index (χ1v) is 15.0. The molecule has 3 aromatic rings. The average Bonchev–Trinajstić information content (AvgIpc) is 3.53. The third kappa shape index (κ3) is 8.06. The van der Waals surface area contributed by atoms with Crippen molar-refractivity contribution in [2.24, 2.45) is 17.3 Å². The number of benzene rings is 2. The number of ether oxygens (including phenoxy) is 1. The average molecular weight is 625 g/mol. The van der Waals surface area contributed by atoms with Crippen LogP contribution >= 0.6 is 0 Å². The number of carbonyl (C=O) groups excluding carboxylic acids is 2. The highest BCUT2D eigenvalue weighted by atomic mass is 19.1. The Hall–Kier alpha value is -4.28. The van der Waals surface area contributed by atoms with Crippen LogP contribution in [0.25, 0.3) is 11.3 Å². The summed E-state index contributed by atoms with van der Waals surface area (Å²) in [5, 5.41) is 10.1. The molecular weight excluding hydrogens is 582 g/mol. The number of carboxylic acid groups (broad SMARTS) is 1. The zero-order valence-corrected chi connectivity index (χ0v) is 26.9. The van der Waals surface area contributed by atoms with Crippen LogP contribution in [-0.2, 0) is 20.9 Å². The van der Waals surface area contributed by atoms with Crippen molar-refractivity contribution in [1.29, 1.82) is 0 Å². The van der Waals surface area contributed by atoms with Crippen LogP contribution in [0.1, 0.15) is 65.9 Å². The minimum absolute atomic E-state index is 0.0140. The fraction of sp³-hybridized carbons (Fsp3) is 0.471. The lowest BCUT2D eigenvalue weighted by Gasteiger charge is -2.41. The molecule has 0 radical (unpaired) electrons. The third-order valence-corrected chi connectivity index (χ3v) is 7.83. The maximum absolute atomic E-state index is 15.0. The minimum atomic E-state index is -1.07. The SMILES string of the molecule is CC(=O)N(CC1CN(C(=O)OC(C)(C)C)CC1C(=O)O)C(c1nc(-c2cc(F)ccc2F)cn1Cc1ccccc1)C(C)(C)C. The van der Waals surface area contributed by atoms with Gasteiger partial charge in [0.2, 0.25) is 5.91 Å². The highest BCUT2D eigenvalue weighted by molar-refractivity contribution is 5.76. The lowest BCUT2D eigenvalue weighted by molar-refractivity contribution is -0.144. The minimum Gasteiger partial charge on any atom is -0.481 e. The van der Waals surface area contributed by atoms with Crippen molar-refractivity contribution in [3.63, 3.8) is 0 Å². The molecule has 45 heavy (non-hydrogen) atoms. The molecular formula is C34H42F2N4O5. The van der Waals surface area contributed by atoms with E-state index in [0.717, 1.165) is 23.8 Å². The molecule has 1 N–H and O–H groups in total. The molecule has 0 saturated carbocycles. The van der Waals surface area contributed by atoms with E-state index >= 15 is 0 Å². The molecule has 242 valence electrons. The van der Waals surface area contributed by atoms with Crippen molar-refractivity contribution in [2.45, 2.75) is 66.7 Å². The van der Waals surface area contributed by atoms with E-state index in [1.807, 2.05) is 55.7 Å². The standard InChI is InChI=1S/C34H42F2N4O5/c1-21(41)40(18-23-17-39(19-26(23)31(42)43)32(44)45-34(5,6)7)29(33(2,3)4)30-37-28(25-15-24(35)13-14-27(25)36)20-38(30)16-22-11-9-8-10-12-22/h8-15,20,23,26,29H,16-19H2,1-7H3,(H,42,43). The molecule has 0 aliphatic carbocycles. The van der Waals surface area contributed by atoms with E-state index in [1.165, 1.54) is 11.8 Å². The first-order valence-electron chi connectivity index (χ1n) is 15.0. The largest absolute Gasteiger partial charge is 0.481 e. The predicted octanol–water partition coefficient (Wildman–Crippen LogP) is 6.38. The van der Waals surface area contributed by atoms with Crippen molar-refractivity contribution in [2.75, 3.05) is 19.6 Å². The quantitative estimate of drug-likeness (QED) is 0.312. The van der Waals surface area contributed by atoms with E-state index in [0.29, 0.717) is 12.4 Å². The van der Waals surface area contributed by atoms with Gasteiger partial charge < -0.3 is 24.2 Å². The summed E-state index contributed by atoms with van der Waals surface area (Å²) in [7, 11) is 0. The summed E-state index contributed by atoms with van der Waals surface area (Å²) in [6.07, 6.45) is 1.04. The van der Waals surface area contributed by atoms with E-state index in [1.54, 1.807) is 31.9 Å². The molecule has 0 bridgehead atoms. The molecule has 2 heterocycles. The Morgan fingerprint density at radius 2 is 1.71 bits per heavy atom. The fourth-order valence-electron chi connectivity index (χ4n) is 5.85. The predicted molar refractivity (Wildman–Crippen MR) is 165 cm³/mol. The van der Waals surface area contributed by atoms with Gasteiger partial charge in [-0.2, -0.15) is 0 Å². The molecule has 1 fully saturated rings. The van der Waals surface area contributed by atoms with Crippen LogP contribution < -0.4 is 0 Å². The Morgan fingerprint density at radius 1 is 1.04 bits per heavy atom. The van der Waals surface area contributed by atoms with Gasteiger partial charge in [-0.1, -0.05) is 51.1 Å². The number of hydrogen-bond donors (Lipinski definition) is 1. The molecule has 1 aromatic heterocycles. The van der Waals surface area contributed by atoms with Gasteiger partial charge in [0.05, 0.1) is 17.7 Å². The highest BCUT2D eigenvalue weighted by Crippen LogP contribution is 2.41. The molecule has 9 nitrogen and oxygen atoms in total. The topological polar surface area (TPSA) is 105 Å². The van der Waals surface area contributed by atoms with Crippen LogP contribution in [0.3, 0.4) is 0 Å². The van der Waals surface area contributed by atoms with Crippen molar-refractivity contribution >= 4 is 18.0 Å². The second-order valence-corrected chi connectivity index (χ2v) is 13.8. The van der Waals surface area contributed by atoms with Gasteiger partial charge in [0.25, 0.3) is 0 Å². The second-order valence-electron chi connectivity index (χ2n) is 13.8. The number of halogens is 2. The van der Waals surface area contributed by atoms with Gasteiger partial charge in [0.15, 0.2) is 0 Å². The number of hydrogen-bond acceptors (Lipinski definition) is 5. The molecule has 2 amide bonds. The van der Waals surface area contributed by atoms with Crippen LogP contribution in [0.15, 0.2) is 54.7 Å². The summed E-state index contributed by atoms with van der Waals surface area (Å²) in [6, 6.07) is 12.0. The second kappa shape index (κ2) is 13.0. The number of amides is 2. The van der Waals surface area contributed by atoms with Crippen molar-refractivity contribution in [3.05, 3.63) is 77.8 Å². The molecule has 2 aromatic carbocycles. The maximum atomic E-state index is 15.0. The van der Waals surface area contributed by atoms with Crippen LogP contribution in [-0.4, -0.2) is 67.7 Å². The van der Waals surface area contributed by atoms with Crippen molar-refractivity contribution < 1.29 is 33.0 Å². The van der Waals surface area contributed by atoms with E-state index in [9.17, 15) is 28.3 Å². The van der Waals surface area contributed by atoms with Gasteiger partial charge in [-0.05, 0) is 49.9 Å². The highest BCUT2D eigenvalue weighted by Gasteiger charge is 2.45. The molecule has 1 aliphatic rings. The lowest BCUT2D eigenvalue weighted by atomic mass is 9.83. The Kier molecular flexibility index (Phi) is 9.70. The number of imidazole rings is 1.